The predicted octanol–water partition coefficient (Wildman–Crippen LogP) is 4.56. The largest absolute Gasteiger partial charge is 0.416 e. The SMILES string of the molecule is O=C1CCN(Cc2ccccc2)C/C1=C\c1cccc(C(F)(F)F)c1. The molecule has 0 aromatic heterocycles. The van der Waals surface area contributed by atoms with Gasteiger partial charge in [-0.2, -0.15) is 13.2 Å². The fraction of sp³-hybridized carbons (Fsp3) is 0.250. The van der Waals surface area contributed by atoms with E-state index in [4.69, 9.17) is 0 Å². The molecule has 0 N–H and O–H groups in total. The smallest absolute Gasteiger partial charge is 0.294 e. The summed E-state index contributed by atoms with van der Waals surface area (Å²) in [5.41, 5.74) is 1.41. The Kier molecular flexibility index (Phi) is 5.04. The molecule has 1 fully saturated rings. The zero-order valence-corrected chi connectivity index (χ0v) is 13.6. The lowest BCUT2D eigenvalue weighted by molar-refractivity contribution is -0.137. The Labute approximate surface area is 144 Å². The highest BCUT2D eigenvalue weighted by atomic mass is 19.4. The summed E-state index contributed by atoms with van der Waals surface area (Å²) in [6.07, 6.45) is -2.42. The molecule has 0 unspecified atom stereocenters. The molecule has 0 amide bonds. The fourth-order valence-electron chi connectivity index (χ4n) is 2.94. The van der Waals surface area contributed by atoms with Crippen LogP contribution in [0.4, 0.5) is 13.2 Å². The number of piperidine rings is 1. The van der Waals surface area contributed by atoms with Crippen LogP contribution < -0.4 is 0 Å². The third kappa shape index (κ3) is 4.57. The van der Waals surface area contributed by atoms with Gasteiger partial charge in [0.05, 0.1) is 5.56 Å². The number of hydrogen-bond donors (Lipinski definition) is 0. The van der Waals surface area contributed by atoms with Gasteiger partial charge in [-0.25, -0.2) is 0 Å². The van der Waals surface area contributed by atoms with Crippen molar-refractivity contribution in [1.82, 2.24) is 4.90 Å². The van der Waals surface area contributed by atoms with E-state index in [1.165, 1.54) is 6.07 Å². The number of rotatable bonds is 3. The molecule has 0 spiro atoms. The highest BCUT2D eigenvalue weighted by Crippen LogP contribution is 2.30. The highest BCUT2D eigenvalue weighted by molar-refractivity contribution is 6.00. The first-order valence-electron chi connectivity index (χ1n) is 8.09. The molecule has 5 heteroatoms. The van der Waals surface area contributed by atoms with Gasteiger partial charge in [-0.3, -0.25) is 9.69 Å². The molecule has 2 nitrogen and oxygen atoms in total. The highest BCUT2D eigenvalue weighted by Gasteiger charge is 2.30. The fourth-order valence-corrected chi connectivity index (χ4v) is 2.94. The number of ketones is 1. The molecule has 2 aromatic rings. The Bertz CT molecular complexity index is 781. The van der Waals surface area contributed by atoms with Crippen LogP contribution in [0.2, 0.25) is 0 Å². The van der Waals surface area contributed by atoms with Crippen LogP contribution in [0.15, 0.2) is 60.2 Å². The van der Waals surface area contributed by atoms with Crippen LogP contribution in [-0.4, -0.2) is 23.8 Å². The molecule has 1 aliphatic heterocycles. The zero-order valence-electron chi connectivity index (χ0n) is 13.6. The van der Waals surface area contributed by atoms with E-state index in [1.807, 2.05) is 30.3 Å². The molecule has 130 valence electrons. The van der Waals surface area contributed by atoms with E-state index in [2.05, 4.69) is 4.90 Å². The van der Waals surface area contributed by atoms with Crippen LogP contribution >= 0.6 is 0 Å². The number of alkyl halides is 3. The predicted molar refractivity (Wildman–Crippen MR) is 90.8 cm³/mol. The van der Waals surface area contributed by atoms with Gasteiger partial charge in [0.1, 0.15) is 0 Å². The van der Waals surface area contributed by atoms with Gasteiger partial charge in [0.2, 0.25) is 0 Å². The summed E-state index contributed by atoms with van der Waals surface area (Å²) in [6.45, 7) is 1.83. The van der Waals surface area contributed by atoms with Gasteiger partial charge in [-0.15, -0.1) is 0 Å². The zero-order chi connectivity index (χ0) is 17.9. The quantitative estimate of drug-likeness (QED) is 0.760. The van der Waals surface area contributed by atoms with Crippen molar-refractivity contribution < 1.29 is 18.0 Å². The standard InChI is InChI=1S/C20H18F3NO/c21-20(22,23)18-8-4-7-16(12-18)11-17-14-24(10-9-19(17)25)13-15-5-2-1-3-6-15/h1-8,11-12H,9-10,13-14H2/b17-11+. The Morgan fingerprint density at radius 1 is 1.04 bits per heavy atom. The Morgan fingerprint density at radius 3 is 2.52 bits per heavy atom. The third-order valence-corrected chi connectivity index (χ3v) is 4.21. The molecule has 0 radical (unpaired) electrons. The number of carbonyl (C=O) groups excluding carboxylic acids is 1. The molecule has 3 rings (SSSR count). The number of hydrogen-bond acceptors (Lipinski definition) is 2. The van der Waals surface area contributed by atoms with Gasteiger partial charge in [0.15, 0.2) is 5.78 Å². The number of nitrogens with zero attached hydrogens (tertiary/aromatic N) is 1. The molecule has 2 aromatic carbocycles. The summed E-state index contributed by atoms with van der Waals surface area (Å²) in [6, 6.07) is 15.0. The van der Waals surface area contributed by atoms with Gasteiger partial charge in [0.25, 0.3) is 0 Å². The van der Waals surface area contributed by atoms with E-state index in [-0.39, 0.29) is 5.78 Å². The van der Waals surface area contributed by atoms with Crippen molar-refractivity contribution in [1.29, 1.82) is 0 Å². The van der Waals surface area contributed by atoms with Crippen molar-refractivity contribution in [2.45, 2.75) is 19.1 Å². The maximum atomic E-state index is 12.8. The minimum Gasteiger partial charge on any atom is -0.294 e. The topological polar surface area (TPSA) is 20.3 Å². The van der Waals surface area contributed by atoms with Crippen molar-refractivity contribution in [2.75, 3.05) is 13.1 Å². The number of Topliss-reactive ketones (excluding diaryl/α,β-unsaturated/α-hetero) is 1. The lowest BCUT2D eigenvalue weighted by Gasteiger charge is -2.28. The monoisotopic (exact) mass is 345 g/mol. The van der Waals surface area contributed by atoms with E-state index >= 15 is 0 Å². The van der Waals surface area contributed by atoms with Crippen molar-refractivity contribution in [3.63, 3.8) is 0 Å². The Morgan fingerprint density at radius 2 is 1.80 bits per heavy atom. The summed E-state index contributed by atoms with van der Waals surface area (Å²) in [5.74, 6) is 0.00160. The Balaban J connectivity index is 1.78. The summed E-state index contributed by atoms with van der Waals surface area (Å²) in [5, 5.41) is 0. The molecule has 0 aliphatic carbocycles. The van der Waals surface area contributed by atoms with Gasteiger partial charge in [-0.1, -0.05) is 42.5 Å². The normalized spacial score (nSPS) is 17.9. The third-order valence-electron chi connectivity index (χ3n) is 4.21. The second-order valence-electron chi connectivity index (χ2n) is 6.16. The van der Waals surface area contributed by atoms with E-state index in [0.29, 0.717) is 37.2 Å². The second kappa shape index (κ2) is 7.23. The minimum atomic E-state index is -4.38. The van der Waals surface area contributed by atoms with Crippen molar-refractivity contribution >= 4 is 11.9 Å². The summed E-state index contributed by atoms with van der Waals surface area (Å²) in [7, 11) is 0. The second-order valence-corrected chi connectivity index (χ2v) is 6.16. The Hall–Kier alpha value is -2.40. The van der Waals surface area contributed by atoms with E-state index < -0.39 is 11.7 Å². The number of carbonyl (C=O) groups is 1. The van der Waals surface area contributed by atoms with Gasteiger partial charge in [-0.05, 0) is 29.3 Å². The molecule has 25 heavy (non-hydrogen) atoms. The van der Waals surface area contributed by atoms with Gasteiger partial charge in [0, 0.05) is 31.6 Å². The van der Waals surface area contributed by atoms with E-state index in [1.54, 1.807) is 12.1 Å². The first kappa shape index (κ1) is 17.4. The summed E-state index contributed by atoms with van der Waals surface area (Å²) < 4.78 is 38.5. The molecule has 1 saturated heterocycles. The van der Waals surface area contributed by atoms with Crippen LogP contribution in [0.1, 0.15) is 23.1 Å². The van der Waals surface area contributed by atoms with E-state index in [0.717, 1.165) is 17.7 Å². The maximum absolute atomic E-state index is 12.8. The molecule has 0 bridgehead atoms. The first-order chi connectivity index (χ1) is 11.9. The van der Waals surface area contributed by atoms with Crippen LogP contribution in [-0.2, 0) is 17.5 Å². The average Bonchev–Trinajstić information content (AvgIpc) is 2.58. The lowest BCUT2D eigenvalue weighted by atomic mass is 9.99. The summed E-state index contributed by atoms with van der Waals surface area (Å²) in [4.78, 5) is 14.3. The number of halogens is 3. The van der Waals surface area contributed by atoms with Gasteiger partial charge >= 0.3 is 6.18 Å². The molecule has 1 aliphatic rings. The average molecular weight is 345 g/mol. The minimum absolute atomic E-state index is 0.00160. The van der Waals surface area contributed by atoms with Crippen molar-refractivity contribution in [2.24, 2.45) is 0 Å². The lowest BCUT2D eigenvalue weighted by Crippen LogP contribution is -2.35. The van der Waals surface area contributed by atoms with Gasteiger partial charge < -0.3 is 0 Å². The maximum Gasteiger partial charge on any atom is 0.416 e. The van der Waals surface area contributed by atoms with Crippen LogP contribution in [0, 0.1) is 0 Å². The molecular weight excluding hydrogens is 327 g/mol. The molecule has 0 atom stereocenters. The number of benzene rings is 2. The summed E-state index contributed by atoms with van der Waals surface area (Å²) >= 11 is 0. The van der Waals surface area contributed by atoms with Crippen LogP contribution in [0.25, 0.3) is 6.08 Å². The molecule has 1 heterocycles. The molecule has 0 saturated carbocycles. The van der Waals surface area contributed by atoms with Crippen molar-refractivity contribution in [3.05, 3.63) is 76.9 Å². The first-order valence-corrected chi connectivity index (χ1v) is 8.09. The van der Waals surface area contributed by atoms with Crippen molar-refractivity contribution in [3.8, 4) is 0 Å². The number of likely N-dealkylation sites (tertiary alicyclic amines) is 1. The van der Waals surface area contributed by atoms with Crippen LogP contribution in [0.3, 0.4) is 0 Å². The van der Waals surface area contributed by atoms with E-state index in [9.17, 15) is 18.0 Å². The molecular formula is C20H18F3NO. The van der Waals surface area contributed by atoms with Crippen LogP contribution in [0.5, 0.6) is 0 Å².